The van der Waals surface area contributed by atoms with Gasteiger partial charge in [0.25, 0.3) is 5.91 Å². The van der Waals surface area contributed by atoms with Crippen molar-refractivity contribution in [3.05, 3.63) is 59.7 Å². The average Bonchev–Trinajstić information content (AvgIpc) is 2.82. The average molecular weight is 478 g/mol. The number of benzene rings is 2. The van der Waals surface area contributed by atoms with Crippen LogP contribution in [-0.2, 0) is 6.54 Å². The fourth-order valence-electron chi connectivity index (χ4n) is 4.59. The molecule has 0 spiro atoms. The van der Waals surface area contributed by atoms with Gasteiger partial charge in [0.2, 0.25) is 0 Å². The molecule has 0 aliphatic carbocycles. The van der Waals surface area contributed by atoms with Crippen LogP contribution in [0.1, 0.15) is 41.6 Å². The number of nitrogens with zero attached hydrogens (tertiary/aromatic N) is 2. The van der Waals surface area contributed by atoms with Crippen LogP contribution in [-0.4, -0.2) is 60.6 Å². The third-order valence-corrected chi connectivity index (χ3v) is 6.38. The molecular formula is C25H30F3N3O3. The van der Waals surface area contributed by atoms with Crippen molar-refractivity contribution in [2.24, 2.45) is 0 Å². The Kier molecular flexibility index (Phi) is 7.63. The number of β-amino-alcohol motifs (C(OH)–C–C–N with tert-alkyl or cyclic N) is 1. The molecule has 2 aromatic carbocycles. The van der Waals surface area contributed by atoms with Crippen LogP contribution in [0.25, 0.3) is 0 Å². The Morgan fingerprint density at radius 3 is 2.47 bits per heavy atom. The highest BCUT2D eigenvalue weighted by molar-refractivity contribution is 5.94. The van der Waals surface area contributed by atoms with Gasteiger partial charge in [-0.25, -0.2) is 0 Å². The fourth-order valence-corrected chi connectivity index (χ4v) is 4.59. The van der Waals surface area contributed by atoms with Crippen LogP contribution >= 0.6 is 0 Å². The number of carbonyl (C=O) groups excluding carboxylic acids is 1. The molecule has 1 atom stereocenters. The number of alkyl halides is 3. The lowest BCUT2D eigenvalue weighted by molar-refractivity contribution is -0.274. The zero-order chi connectivity index (χ0) is 24.1. The van der Waals surface area contributed by atoms with Gasteiger partial charge >= 0.3 is 6.36 Å². The minimum atomic E-state index is -4.69. The summed E-state index contributed by atoms with van der Waals surface area (Å²) in [7, 11) is 0. The van der Waals surface area contributed by atoms with Crippen molar-refractivity contribution in [1.82, 2.24) is 10.2 Å². The molecule has 9 heteroatoms. The first-order valence-electron chi connectivity index (χ1n) is 11.7. The zero-order valence-electron chi connectivity index (χ0n) is 18.9. The molecule has 34 heavy (non-hydrogen) atoms. The van der Waals surface area contributed by atoms with Crippen LogP contribution in [0.2, 0.25) is 0 Å². The van der Waals surface area contributed by atoms with E-state index >= 15 is 0 Å². The molecule has 184 valence electrons. The number of hydrogen-bond acceptors (Lipinski definition) is 5. The Bertz CT molecular complexity index is 960. The summed E-state index contributed by atoms with van der Waals surface area (Å²) in [6.07, 6.45) is -1.76. The van der Waals surface area contributed by atoms with E-state index in [0.717, 1.165) is 50.0 Å². The number of hydrogen-bond donors (Lipinski definition) is 2. The van der Waals surface area contributed by atoms with Crippen molar-refractivity contribution in [2.45, 2.75) is 50.7 Å². The summed E-state index contributed by atoms with van der Waals surface area (Å²) in [6, 6.07) is 13.9. The monoisotopic (exact) mass is 477 g/mol. The molecule has 0 radical (unpaired) electrons. The number of halogens is 3. The molecule has 1 amide bonds. The molecule has 2 saturated heterocycles. The molecule has 2 fully saturated rings. The smallest absolute Gasteiger partial charge is 0.406 e. The van der Waals surface area contributed by atoms with E-state index in [1.165, 1.54) is 12.1 Å². The van der Waals surface area contributed by atoms with E-state index in [0.29, 0.717) is 25.2 Å². The van der Waals surface area contributed by atoms with Gasteiger partial charge in [-0.2, -0.15) is 0 Å². The van der Waals surface area contributed by atoms with Gasteiger partial charge in [0.1, 0.15) is 5.75 Å². The van der Waals surface area contributed by atoms with E-state index < -0.39 is 12.5 Å². The minimum Gasteiger partial charge on any atom is -0.406 e. The van der Waals surface area contributed by atoms with E-state index in [1.54, 1.807) is 17.0 Å². The molecule has 2 aliphatic heterocycles. The topological polar surface area (TPSA) is 65.0 Å². The van der Waals surface area contributed by atoms with Crippen LogP contribution < -0.4 is 15.0 Å². The normalized spacial score (nSPS) is 19.8. The summed E-state index contributed by atoms with van der Waals surface area (Å²) in [4.78, 5) is 16.7. The Labute approximate surface area is 197 Å². The highest BCUT2D eigenvalue weighted by Crippen LogP contribution is 2.25. The molecule has 2 aromatic rings. The lowest BCUT2D eigenvalue weighted by Crippen LogP contribution is -2.42. The number of aliphatic hydroxyl groups excluding tert-OH is 1. The Hall–Kier alpha value is -2.78. The second-order valence-corrected chi connectivity index (χ2v) is 8.93. The van der Waals surface area contributed by atoms with Gasteiger partial charge in [0.05, 0.1) is 6.10 Å². The van der Waals surface area contributed by atoms with Crippen molar-refractivity contribution in [2.75, 3.05) is 31.1 Å². The van der Waals surface area contributed by atoms with E-state index in [2.05, 4.69) is 15.0 Å². The second kappa shape index (κ2) is 10.7. The lowest BCUT2D eigenvalue weighted by Gasteiger charge is -2.34. The van der Waals surface area contributed by atoms with E-state index in [9.17, 15) is 23.1 Å². The highest BCUT2D eigenvalue weighted by atomic mass is 19.4. The van der Waals surface area contributed by atoms with Gasteiger partial charge in [0, 0.05) is 50.0 Å². The molecule has 4 rings (SSSR count). The van der Waals surface area contributed by atoms with Crippen molar-refractivity contribution < 1.29 is 27.8 Å². The number of piperidine rings is 2. The molecule has 2 N–H and O–H groups in total. The van der Waals surface area contributed by atoms with Gasteiger partial charge in [-0.05, 0) is 67.6 Å². The Morgan fingerprint density at radius 1 is 1.06 bits per heavy atom. The van der Waals surface area contributed by atoms with E-state index in [1.807, 2.05) is 24.3 Å². The van der Waals surface area contributed by atoms with Crippen LogP contribution in [0.3, 0.4) is 0 Å². The second-order valence-electron chi connectivity index (χ2n) is 8.93. The number of anilines is 1. The third-order valence-electron chi connectivity index (χ3n) is 6.38. The first-order chi connectivity index (χ1) is 16.3. The predicted molar refractivity (Wildman–Crippen MR) is 123 cm³/mol. The van der Waals surface area contributed by atoms with E-state index in [-0.39, 0.29) is 17.7 Å². The Balaban J connectivity index is 1.25. The molecule has 0 saturated carbocycles. The standard InChI is InChI=1S/C25H30F3N3O3/c26-25(27,28)34-23-5-1-3-18(15-23)16-29-20-10-13-30(14-11-20)21-8-6-19(7-9-21)24(33)31-12-2-4-22(32)17-31/h1,3,5-9,15,20,22,29,32H,2,4,10-14,16-17H2. The summed E-state index contributed by atoms with van der Waals surface area (Å²) < 4.78 is 41.2. The Morgan fingerprint density at radius 2 is 1.79 bits per heavy atom. The van der Waals surface area contributed by atoms with E-state index in [4.69, 9.17) is 0 Å². The van der Waals surface area contributed by atoms with Crippen LogP contribution in [0.4, 0.5) is 18.9 Å². The quantitative estimate of drug-likeness (QED) is 0.660. The van der Waals surface area contributed by atoms with Gasteiger partial charge in [-0.15, -0.1) is 13.2 Å². The van der Waals surface area contributed by atoms with Crippen LogP contribution in [0, 0.1) is 0 Å². The largest absolute Gasteiger partial charge is 0.573 e. The molecule has 0 aromatic heterocycles. The summed E-state index contributed by atoms with van der Waals surface area (Å²) in [5.41, 5.74) is 2.43. The summed E-state index contributed by atoms with van der Waals surface area (Å²) in [6.45, 7) is 3.24. The molecule has 2 aliphatic rings. The van der Waals surface area contributed by atoms with Gasteiger partial charge in [0.15, 0.2) is 0 Å². The number of amides is 1. The highest BCUT2D eigenvalue weighted by Gasteiger charge is 2.31. The minimum absolute atomic E-state index is 0.0436. The van der Waals surface area contributed by atoms with Crippen LogP contribution in [0.5, 0.6) is 5.75 Å². The first kappa shape index (κ1) is 24.3. The SMILES string of the molecule is O=C(c1ccc(N2CCC(NCc3cccc(OC(F)(F)F)c3)CC2)cc1)N1CCCC(O)C1. The number of aliphatic hydroxyl groups is 1. The summed E-state index contributed by atoms with van der Waals surface area (Å²) in [5, 5.41) is 13.2. The summed E-state index contributed by atoms with van der Waals surface area (Å²) in [5.74, 6) is -0.252. The van der Waals surface area contributed by atoms with Crippen molar-refractivity contribution in [3.63, 3.8) is 0 Å². The molecule has 6 nitrogen and oxygen atoms in total. The lowest BCUT2D eigenvalue weighted by atomic mass is 10.0. The van der Waals surface area contributed by atoms with Crippen molar-refractivity contribution in [1.29, 1.82) is 0 Å². The number of nitrogens with one attached hydrogen (secondary N) is 1. The molecule has 0 bridgehead atoms. The van der Waals surface area contributed by atoms with Crippen molar-refractivity contribution >= 4 is 11.6 Å². The number of ether oxygens (including phenoxy) is 1. The number of carbonyl (C=O) groups is 1. The maximum atomic E-state index is 12.7. The molecule has 1 unspecified atom stereocenters. The molecular weight excluding hydrogens is 447 g/mol. The predicted octanol–water partition coefficient (Wildman–Crippen LogP) is 3.94. The molecule has 2 heterocycles. The summed E-state index contributed by atoms with van der Waals surface area (Å²) >= 11 is 0. The number of likely N-dealkylation sites (tertiary alicyclic amines) is 1. The first-order valence-corrected chi connectivity index (χ1v) is 11.7. The maximum Gasteiger partial charge on any atom is 0.573 e. The van der Waals surface area contributed by atoms with Crippen molar-refractivity contribution in [3.8, 4) is 5.75 Å². The van der Waals surface area contributed by atoms with Gasteiger partial charge in [-0.1, -0.05) is 12.1 Å². The number of rotatable bonds is 6. The maximum absolute atomic E-state index is 12.7. The fraction of sp³-hybridized carbons (Fsp3) is 0.480. The van der Waals surface area contributed by atoms with Gasteiger partial charge in [-0.3, -0.25) is 4.79 Å². The van der Waals surface area contributed by atoms with Crippen LogP contribution in [0.15, 0.2) is 48.5 Å². The van der Waals surface area contributed by atoms with Gasteiger partial charge < -0.3 is 25.0 Å². The zero-order valence-corrected chi connectivity index (χ0v) is 18.9. The third kappa shape index (κ3) is 6.64.